The minimum Gasteiger partial charge on any atom is -0.363 e. The third kappa shape index (κ3) is 2.88. The maximum absolute atomic E-state index is 9.91. The van der Waals surface area contributed by atoms with Crippen LogP contribution >= 0.6 is 0 Å². The Labute approximate surface area is 83.7 Å². The van der Waals surface area contributed by atoms with Gasteiger partial charge in [0.1, 0.15) is 0 Å². The summed E-state index contributed by atoms with van der Waals surface area (Å²) in [6, 6.07) is 5.39. The van der Waals surface area contributed by atoms with Crippen LogP contribution in [0.25, 0.3) is 0 Å². The number of aliphatic hydroxyl groups is 1. The van der Waals surface area contributed by atoms with Crippen LogP contribution in [0.1, 0.15) is 26.5 Å². The Hall–Kier alpha value is -1.29. The van der Waals surface area contributed by atoms with Crippen LogP contribution in [0.4, 0.5) is 0 Å². The van der Waals surface area contributed by atoms with Crippen LogP contribution in [0.3, 0.4) is 0 Å². The van der Waals surface area contributed by atoms with Crippen LogP contribution in [0.5, 0.6) is 0 Å². The van der Waals surface area contributed by atoms with Gasteiger partial charge in [0, 0.05) is 6.20 Å². The fourth-order valence-corrected chi connectivity index (χ4v) is 0.922. The molecule has 0 radical (unpaired) electrons. The van der Waals surface area contributed by atoms with Crippen molar-refractivity contribution in [1.82, 2.24) is 4.98 Å². The van der Waals surface area contributed by atoms with Crippen molar-refractivity contribution in [3.05, 3.63) is 30.1 Å². The summed E-state index contributed by atoms with van der Waals surface area (Å²) < 4.78 is 0. The fraction of sp³-hybridized carbons (Fsp3) is 0.500. The van der Waals surface area contributed by atoms with Crippen molar-refractivity contribution in [2.45, 2.75) is 32.5 Å². The molecular weight excluding hydrogens is 178 g/mol. The van der Waals surface area contributed by atoms with Crippen LogP contribution in [-0.2, 0) is 5.72 Å². The number of rotatable bonds is 3. The van der Waals surface area contributed by atoms with E-state index in [9.17, 15) is 5.11 Å². The Morgan fingerprint density at radius 2 is 2.14 bits per heavy atom. The number of pyridine rings is 1. The molecule has 0 amide bonds. The van der Waals surface area contributed by atoms with Gasteiger partial charge in [-0.3, -0.25) is 4.98 Å². The van der Waals surface area contributed by atoms with Gasteiger partial charge in [-0.05, 0) is 32.9 Å². The average molecular weight is 193 g/mol. The van der Waals surface area contributed by atoms with E-state index in [-0.39, 0.29) is 6.04 Å². The molecule has 1 aromatic rings. The first-order valence-electron chi connectivity index (χ1n) is 4.58. The molecule has 1 atom stereocenters. The predicted molar refractivity (Wildman–Crippen MR) is 53.8 cm³/mol. The summed E-state index contributed by atoms with van der Waals surface area (Å²) >= 11 is 0. The van der Waals surface area contributed by atoms with Crippen LogP contribution in [0, 0.1) is 0 Å². The summed E-state index contributed by atoms with van der Waals surface area (Å²) in [6.07, 6.45) is 1.62. The van der Waals surface area contributed by atoms with E-state index in [4.69, 9.17) is 0 Å². The molecule has 0 bridgehead atoms. The predicted octanol–water partition coefficient (Wildman–Crippen LogP) is 2.11. The molecule has 14 heavy (non-hydrogen) atoms. The van der Waals surface area contributed by atoms with E-state index in [1.54, 1.807) is 25.3 Å². The molecule has 1 aromatic heterocycles. The van der Waals surface area contributed by atoms with Crippen molar-refractivity contribution in [3.63, 3.8) is 0 Å². The summed E-state index contributed by atoms with van der Waals surface area (Å²) in [4.78, 5) is 4.02. The fourth-order valence-electron chi connectivity index (χ4n) is 0.922. The molecule has 0 fully saturated rings. The zero-order valence-corrected chi connectivity index (χ0v) is 8.68. The Balaban J connectivity index is 2.86. The zero-order chi connectivity index (χ0) is 10.6. The van der Waals surface area contributed by atoms with Crippen LogP contribution < -0.4 is 0 Å². The van der Waals surface area contributed by atoms with Crippen LogP contribution in [0.15, 0.2) is 34.6 Å². The van der Waals surface area contributed by atoms with Crippen molar-refractivity contribution in [3.8, 4) is 0 Å². The van der Waals surface area contributed by atoms with Gasteiger partial charge < -0.3 is 5.11 Å². The Bertz CT molecular complexity index is 306. The minimum absolute atomic E-state index is 0.0742. The molecule has 0 saturated heterocycles. The van der Waals surface area contributed by atoms with Crippen molar-refractivity contribution >= 4 is 0 Å². The molecule has 1 heterocycles. The van der Waals surface area contributed by atoms with Gasteiger partial charge in [0.25, 0.3) is 0 Å². The van der Waals surface area contributed by atoms with E-state index in [0.717, 1.165) is 0 Å². The molecule has 4 nitrogen and oxygen atoms in total. The molecule has 76 valence electrons. The number of nitrogens with zero attached hydrogens (tertiary/aromatic N) is 3. The van der Waals surface area contributed by atoms with E-state index in [1.165, 1.54) is 0 Å². The standard InChI is InChI=1S/C10H15N3O/c1-8(2)12-13-10(3,14)9-6-4-5-7-11-9/h4-8,14H,1-3H3. The van der Waals surface area contributed by atoms with E-state index in [2.05, 4.69) is 15.2 Å². The highest BCUT2D eigenvalue weighted by molar-refractivity contribution is 5.10. The monoisotopic (exact) mass is 193 g/mol. The summed E-state index contributed by atoms with van der Waals surface area (Å²) in [6.45, 7) is 5.37. The lowest BCUT2D eigenvalue weighted by Crippen LogP contribution is -2.19. The lowest BCUT2D eigenvalue weighted by atomic mass is 10.2. The normalized spacial score (nSPS) is 16.1. The van der Waals surface area contributed by atoms with Crippen molar-refractivity contribution in [2.24, 2.45) is 10.2 Å². The number of azo groups is 1. The van der Waals surface area contributed by atoms with Crippen LogP contribution in [0.2, 0.25) is 0 Å². The second-order valence-electron chi connectivity index (χ2n) is 3.55. The number of hydrogen-bond acceptors (Lipinski definition) is 4. The third-order valence-corrected chi connectivity index (χ3v) is 1.63. The van der Waals surface area contributed by atoms with E-state index < -0.39 is 5.72 Å². The van der Waals surface area contributed by atoms with E-state index in [1.807, 2.05) is 19.9 Å². The second-order valence-corrected chi connectivity index (χ2v) is 3.55. The first kappa shape index (κ1) is 10.8. The van der Waals surface area contributed by atoms with Crippen molar-refractivity contribution in [2.75, 3.05) is 0 Å². The maximum Gasteiger partial charge on any atom is 0.216 e. The molecule has 0 aliphatic rings. The zero-order valence-electron chi connectivity index (χ0n) is 8.68. The lowest BCUT2D eigenvalue weighted by molar-refractivity contribution is 0.0529. The average Bonchev–Trinajstić information content (AvgIpc) is 2.16. The van der Waals surface area contributed by atoms with Gasteiger partial charge in [0.15, 0.2) is 0 Å². The molecule has 1 rings (SSSR count). The Kier molecular flexibility index (Phi) is 3.30. The van der Waals surface area contributed by atoms with Gasteiger partial charge in [0.2, 0.25) is 5.72 Å². The largest absolute Gasteiger partial charge is 0.363 e. The molecule has 1 N–H and O–H groups in total. The summed E-state index contributed by atoms with van der Waals surface area (Å²) in [5, 5.41) is 17.7. The van der Waals surface area contributed by atoms with Gasteiger partial charge in [-0.25, -0.2) is 0 Å². The number of hydrogen-bond donors (Lipinski definition) is 1. The first-order valence-corrected chi connectivity index (χ1v) is 4.58. The quantitative estimate of drug-likeness (QED) is 0.747. The number of aromatic nitrogens is 1. The van der Waals surface area contributed by atoms with Gasteiger partial charge in [-0.1, -0.05) is 6.07 Å². The molecule has 1 unspecified atom stereocenters. The highest BCUT2D eigenvalue weighted by Crippen LogP contribution is 2.19. The molecular formula is C10H15N3O. The lowest BCUT2D eigenvalue weighted by Gasteiger charge is -2.15. The van der Waals surface area contributed by atoms with Gasteiger partial charge in [0.05, 0.1) is 11.7 Å². The molecule has 0 aliphatic carbocycles. The minimum atomic E-state index is -1.33. The Morgan fingerprint density at radius 1 is 1.43 bits per heavy atom. The smallest absolute Gasteiger partial charge is 0.216 e. The van der Waals surface area contributed by atoms with Crippen LogP contribution in [-0.4, -0.2) is 16.1 Å². The highest BCUT2D eigenvalue weighted by atomic mass is 16.3. The molecule has 4 heteroatoms. The Morgan fingerprint density at radius 3 is 2.64 bits per heavy atom. The second kappa shape index (κ2) is 4.28. The molecule has 0 saturated carbocycles. The maximum atomic E-state index is 9.91. The summed E-state index contributed by atoms with van der Waals surface area (Å²) in [5.74, 6) is 0. The first-order chi connectivity index (χ1) is 6.52. The van der Waals surface area contributed by atoms with Crippen molar-refractivity contribution < 1.29 is 5.11 Å². The molecule has 0 spiro atoms. The van der Waals surface area contributed by atoms with Gasteiger partial charge in [-0.15, -0.1) is 0 Å². The summed E-state index contributed by atoms with van der Waals surface area (Å²) in [5.41, 5.74) is -0.824. The summed E-state index contributed by atoms with van der Waals surface area (Å²) in [7, 11) is 0. The van der Waals surface area contributed by atoms with Crippen molar-refractivity contribution in [1.29, 1.82) is 0 Å². The van der Waals surface area contributed by atoms with E-state index in [0.29, 0.717) is 5.69 Å². The van der Waals surface area contributed by atoms with Gasteiger partial charge in [-0.2, -0.15) is 10.2 Å². The third-order valence-electron chi connectivity index (χ3n) is 1.63. The molecule has 0 aromatic carbocycles. The highest BCUT2D eigenvalue weighted by Gasteiger charge is 2.23. The van der Waals surface area contributed by atoms with Gasteiger partial charge >= 0.3 is 0 Å². The molecule has 0 aliphatic heterocycles. The SMILES string of the molecule is CC(C)N=NC(C)(O)c1ccccn1. The topological polar surface area (TPSA) is 57.8 Å². The van der Waals surface area contributed by atoms with E-state index >= 15 is 0 Å².